The minimum Gasteiger partial charge on any atom is -0.477 e. The Bertz CT molecular complexity index is 1070. The number of nitrogens with zero attached hydrogens (tertiary/aromatic N) is 4. The summed E-state index contributed by atoms with van der Waals surface area (Å²) in [5, 5.41) is 21.0. The summed E-state index contributed by atoms with van der Waals surface area (Å²) in [6.07, 6.45) is 0. The first kappa shape index (κ1) is 25.3. The molecule has 1 aromatic rings. The number of nitrogens with one attached hydrogen (secondary N) is 1. The van der Waals surface area contributed by atoms with Crippen LogP contribution in [0.15, 0.2) is 15.6 Å². The van der Waals surface area contributed by atoms with E-state index in [1.807, 2.05) is 6.92 Å². The highest BCUT2D eigenvalue weighted by atomic mass is 32.2. The Balaban J connectivity index is 1.44. The number of amides is 3. The smallest absolute Gasteiger partial charge is 0.352 e. The number of hydrogen-bond acceptors (Lipinski definition) is 10. The van der Waals surface area contributed by atoms with Crippen molar-refractivity contribution in [3.8, 4) is 0 Å². The number of aliphatic carboxylic acids is 1. The maximum atomic E-state index is 13.0. The zero-order valence-electron chi connectivity index (χ0n) is 19.1. The molecule has 2 unspecified atom stereocenters. The van der Waals surface area contributed by atoms with Crippen LogP contribution in [-0.4, -0.2) is 89.4 Å². The minimum absolute atomic E-state index is 0.0195. The SMILES string of the molecule is Cc1nnc(SCC2=C(C(=O)O)N3C(=O)C(NC(=O)C4CSCN4C(=O)C(C)(C)C)[C@@H]3SC2)s1. The van der Waals surface area contributed by atoms with Crippen LogP contribution in [0.3, 0.4) is 0 Å². The lowest BCUT2D eigenvalue weighted by molar-refractivity contribution is -0.152. The minimum atomic E-state index is -1.17. The molecule has 3 aliphatic heterocycles. The quantitative estimate of drug-likeness (QED) is 0.403. The molecule has 0 radical (unpaired) electrons. The van der Waals surface area contributed by atoms with E-state index in [-0.39, 0.29) is 17.5 Å². The fourth-order valence-corrected chi connectivity index (χ4v) is 8.27. The van der Waals surface area contributed by atoms with Gasteiger partial charge in [-0.2, -0.15) is 0 Å². The number of carboxylic acids is 1. The highest BCUT2D eigenvalue weighted by molar-refractivity contribution is 8.01. The van der Waals surface area contributed by atoms with Crippen molar-refractivity contribution in [3.63, 3.8) is 0 Å². The molecule has 1 aromatic heterocycles. The van der Waals surface area contributed by atoms with Crippen LogP contribution in [0.4, 0.5) is 0 Å². The maximum Gasteiger partial charge on any atom is 0.352 e. The molecule has 3 amide bonds. The van der Waals surface area contributed by atoms with Crippen molar-refractivity contribution in [1.29, 1.82) is 0 Å². The topological polar surface area (TPSA) is 133 Å². The van der Waals surface area contributed by atoms with E-state index in [9.17, 15) is 24.3 Å². The summed E-state index contributed by atoms with van der Waals surface area (Å²) < 4.78 is 0.741. The van der Waals surface area contributed by atoms with Gasteiger partial charge in [0.25, 0.3) is 5.91 Å². The Morgan fingerprint density at radius 2 is 2.00 bits per heavy atom. The number of carboxylic acid groups (broad SMARTS) is 1. The van der Waals surface area contributed by atoms with Crippen LogP contribution < -0.4 is 5.32 Å². The zero-order valence-corrected chi connectivity index (χ0v) is 22.3. The van der Waals surface area contributed by atoms with E-state index in [0.29, 0.717) is 28.7 Å². The summed E-state index contributed by atoms with van der Waals surface area (Å²) in [5.74, 6) is -0.398. The number of fused-ring (bicyclic) bond motifs is 1. The highest BCUT2D eigenvalue weighted by Gasteiger charge is 2.55. The highest BCUT2D eigenvalue weighted by Crippen LogP contribution is 2.42. The van der Waals surface area contributed by atoms with Crippen LogP contribution in [0.5, 0.6) is 0 Å². The Morgan fingerprint density at radius 3 is 2.62 bits per heavy atom. The largest absolute Gasteiger partial charge is 0.477 e. The number of aromatic nitrogens is 2. The standard InChI is InChI=1S/C20H25N5O5S4/c1-9-22-23-19(34-9)33-6-10-5-32-16-12(15(27)25(16)13(10)17(28)29)21-14(26)11-7-31-8-24(11)18(30)20(2,3)4/h11-12,16H,5-8H2,1-4H3,(H,21,26)(H,28,29)/t11?,12?,16-/m0/s1. The third kappa shape index (κ3) is 4.82. The molecular formula is C20H25N5O5S4. The summed E-state index contributed by atoms with van der Waals surface area (Å²) in [4.78, 5) is 53.6. The number of hydrogen-bond donors (Lipinski definition) is 2. The fourth-order valence-electron chi connectivity index (χ4n) is 3.82. The van der Waals surface area contributed by atoms with Crippen molar-refractivity contribution >= 4 is 70.3 Å². The first-order valence-corrected chi connectivity index (χ1v) is 14.5. The van der Waals surface area contributed by atoms with E-state index in [0.717, 1.165) is 9.35 Å². The van der Waals surface area contributed by atoms with Crippen molar-refractivity contribution in [2.24, 2.45) is 5.41 Å². The summed E-state index contributed by atoms with van der Waals surface area (Å²) in [5.41, 5.74) is 0.00201. The molecule has 0 saturated carbocycles. The van der Waals surface area contributed by atoms with E-state index < -0.39 is 34.7 Å². The third-order valence-corrected chi connectivity index (χ3v) is 9.92. The lowest BCUT2D eigenvalue weighted by Crippen LogP contribution is -2.71. The van der Waals surface area contributed by atoms with Gasteiger partial charge < -0.3 is 15.3 Å². The average molecular weight is 544 g/mol. The molecule has 3 atom stereocenters. The van der Waals surface area contributed by atoms with Gasteiger partial charge in [0.2, 0.25) is 11.8 Å². The predicted octanol–water partition coefficient (Wildman–Crippen LogP) is 1.62. The van der Waals surface area contributed by atoms with Crippen LogP contribution >= 0.6 is 46.6 Å². The molecule has 0 aliphatic carbocycles. The normalized spacial score (nSPS) is 24.7. The maximum absolute atomic E-state index is 13.0. The Hall–Kier alpha value is -1.77. The van der Waals surface area contributed by atoms with E-state index in [2.05, 4.69) is 15.5 Å². The molecule has 2 N–H and O–H groups in total. The summed E-state index contributed by atoms with van der Waals surface area (Å²) in [6, 6.07) is -1.46. The molecule has 2 fully saturated rings. The van der Waals surface area contributed by atoms with Gasteiger partial charge in [-0.3, -0.25) is 19.3 Å². The second-order valence-corrected chi connectivity index (χ2v) is 13.6. The number of carbonyl (C=O) groups is 4. The molecule has 0 bridgehead atoms. The van der Waals surface area contributed by atoms with Gasteiger partial charge in [0, 0.05) is 22.7 Å². The van der Waals surface area contributed by atoms with Gasteiger partial charge >= 0.3 is 5.97 Å². The monoisotopic (exact) mass is 543 g/mol. The lowest BCUT2D eigenvalue weighted by atomic mass is 9.94. The molecule has 184 valence electrons. The molecule has 34 heavy (non-hydrogen) atoms. The lowest BCUT2D eigenvalue weighted by Gasteiger charge is -2.49. The molecule has 4 rings (SSSR count). The van der Waals surface area contributed by atoms with Gasteiger partial charge in [-0.15, -0.1) is 33.7 Å². The molecule has 2 saturated heterocycles. The van der Waals surface area contributed by atoms with Gasteiger partial charge in [-0.1, -0.05) is 43.9 Å². The zero-order chi connectivity index (χ0) is 24.8. The number of carbonyl (C=O) groups excluding carboxylic acids is 3. The number of aryl methyl sites for hydroxylation is 1. The molecule has 10 nitrogen and oxygen atoms in total. The Labute approximate surface area is 213 Å². The summed E-state index contributed by atoms with van der Waals surface area (Å²) in [7, 11) is 0. The third-order valence-electron chi connectivity index (χ3n) is 5.51. The first-order chi connectivity index (χ1) is 16.0. The predicted molar refractivity (Wildman–Crippen MR) is 132 cm³/mol. The first-order valence-electron chi connectivity index (χ1n) is 10.5. The van der Waals surface area contributed by atoms with Crippen LogP contribution in [0.25, 0.3) is 0 Å². The van der Waals surface area contributed by atoms with Crippen molar-refractivity contribution < 1.29 is 24.3 Å². The van der Waals surface area contributed by atoms with Crippen molar-refractivity contribution in [2.75, 3.05) is 23.1 Å². The number of β-lactam (4-membered cyclic amide) rings is 1. The number of thioether (sulfide) groups is 3. The summed E-state index contributed by atoms with van der Waals surface area (Å²) >= 11 is 5.75. The van der Waals surface area contributed by atoms with E-state index in [4.69, 9.17) is 0 Å². The summed E-state index contributed by atoms with van der Waals surface area (Å²) in [6.45, 7) is 7.27. The van der Waals surface area contributed by atoms with Crippen molar-refractivity contribution in [3.05, 3.63) is 16.3 Å². The second kappa shape index (κ2) is 9.70. The Morgan fingerprint density at radius 1 is 1.26 bits per heavy atom. The van der Waals surface area contributed by atoms with E-state index >= 15 is 0 Å². The van der Waals surface area contributed by atoms with E-state index in [1.165, 1.54) is 51.5 Å². The van der Waals surface area contributed by atoms with Crippen molar-refractivity contribution in [1.82, 2.24) is 25.3 Å². The van der Waals surface area contributed by atoms with Crippen LogP contribution in [0.1, 0.15) is 25.8 Å². The van der Waals surface area contributed by atoms with Crippen LogP contribution in [-0.2, 0) is 19.2 Å². The van der Waals surface area contributed by atoms with Gasteiger partial charge in [-0.25, -0.2) is 4.79 Å². The van der Waals surface area contributed by atoms with Crippen molar-refractivity contribution in [2.45, 2.75) is 49.5 Å². The van der Waals surface area contributed by atoms with Gasteiger partial charge in [-0.05, 0) is 12.5 Å². The van der Waals surface area contributed by atoms with Gasteiger partial charge in [0.15, 0.2) is 4.34 Å². The average Bonchev–Trinajstić information content (AvgIpc) is 3.42. The van der Waals surface area contributed by atoms with Gasteiger partial charge in [0.05, 0.1) is 5.88 Å². The van der Waals surface area contributed by atoms with Crippen LogP contribution in [0.2, 0.25) is 0 Å². The molecule has 0 spiro atoms. The van der Waals surface area contributed by atoms with Crippen LogP contribution in [0, 0.1) is 12.3 Å². The van der Waals surface area contributed by atoms with Gasteiger partial charge in [0.1, 0.15) is 28.2 Å². The fraction of sp³-hybridized carbons (Fsp3) is 0.600. The molecular weight excluding hydrogens is 519 g/mol. The molecule has 3 aliphatic rings. The molecule has 14 heteroatoms. The molecule has 4 heterocycles. The molecule has 0 aromatic carbocycles. The Kier molecular flexibility index (Phi) is 7.23. The van der Waals surface area contributed by atoms with E-state index in [1.54, 1.807) is 25.7 Å². The number of rotatable bonds is 6. The second-order valence-electron chi connectivity index (χ2n) is 9.07.